The Morgan fingerprint density at radius 3 is 2.55 bits per heavy atom. The van der Waals surface area contributed by atoms with Gasteiger partial charge in [0.25, 0.3) is 5.56 Å². The molecule has 0 unspecified atom stereocenters. The zero-order valence-electron chi connectivity index (χ0n) is 11.7. The van der Waals surface area contributed by atoms with E-state index in [4.69, 9.17) is 27.9 Å². The van der Waals surface area contributed by atoms with Crippen LogP contribution in [0.3, 0.4) is 0 Å². The summed E-state index contributed by atoms with van der Waals surface area (Å²) in [6.45, 7) is 0.523. The quantitative estimate of drug-likeness (QED) is 0.872. The number of methoxy groups -OCH3 is 1. The molecule has 0 amide bonds. The Hall–Kier alpha value is -1.30. The fraction of sp³-hybridized carbons (Fsp3) is 0.385. The zero-order chi connectivity index (χ0) is 15.0. The van der Waals surface area contributed by atoms with Gasteiger partial charge >= 0.3 is 0 Å². The Bertz CT molecular complexity index is 726. The number of ether oxygens (including phenoxy) is 1. The summed E-state index contributed by atoms with van der Waals surface area (Å²) < 4.78 is 6.74. The maximum Gasteiger partial charge on any atom is 0.262 e. The van der Waals surface area contributed by atoms with Crippen molar-refractivity contribution in [1.82, 2.24) is 14.5 Å². The lowest BCUT2D eigenvalue weighted by Gasteiger charge is -2.15. The third kappa shape index (κ3) is 2.49. The molecule has 0 saturated carbocycles. The molecule has 7 heteroatoms. The summed E-state index contributed by atoms with van der Waals surface area (Å²) >= 11 is 12.2. The molecule has 0 aliphatic heterocycles. The largest absolute Gasteiger partial charge is 0.493 e. The van der Waals surface area contributed by atoms with Crippen LogP contribution in [0.5, 0.6) is 5.75 Å². The molecule has 0 spiro atoms. The molecule has 2 rings (SSSR count). The van der Waals surface area contributed by atoms with E-state index in [0.29, 0.717) is 34.0 Å². The van der Waals surface area contributed by atoms with Crippen molar-refractivity contribution in [3.63, 3.8) is 0 Å². The summed E-state index contributed by atoms with van der Waals surface area (Å²) in [7, 11) is 6.96. The van der Waals surface area contributed by atoms with Gasteiger partial charge in [-0.1, -0.05) is 23.2 Å². The van der Waals surface area contributed by atoms with Gasteiger partial charge in [0.2, 0.25) is 0 Å². The van der Waals surface area contributed by atoms with Gasteiger partial charge in [0.05, 0.1) is 29.1 Å². The van der Waals surface area contributed by atoms with E-state index in [1.54, 1.807) is 7.05 Å². The highest BCUT2D eigenvalue weighted by molar-refractivity contribution is 6.39. The third-order valence-corrected chi connectivity index (χ3v) is 3.55. The van der Waals surface area contributed by atoms with Crippen LogP contribution in [0.2, 0.25) is 10.0 Å². The maximum absolute atomic E-state index is 12.5. The highest BCUT2D eigenvalue weighted by atomic mass is 35.5. The molecule has 1 heterocycles. The number of fused-ring (bicyclic) bond motifs is 1. The van der Waals surface area contributed by atoms with Gasteiger partial charge in [-0.2, -0.15) is 0 Å². The minimum Gasteiger partial charge on any atom is -0.493 e. The molecule has 1 aromatic heterocycles. The van der Waals surface area contributed by atoms with Crippen LogP contribution in [0, 0.1) is 0 Å². The number of hydrogen-bond acceptors (Lipinski definition) is 4. The second-order valence-corrected chi connectivity index (χ2v) is 5.54. The van der Waals surface area contributed by atoms with E-state index in [0.717, 1.165) is 0 Å². The van der Waals surface area contributed by atoms with Crippen LogP contribution in [0.4, 0.5) is 0 Å². The van der Waals surface area contributed by atoms with Crippen LogP contribution in [-0.2, 0) is 13.6 Å². The van der Waals surface area contributed by atoms with Crippen molar-refractivity contribution in [3.8, 4) is 5.75 Å². The van der Waals surface area contributed by atoms with E-state index in [9.17, 15) is 4.79 Å². The lowest BCUT2D eigenvalue weighted by molar-refractivity contribution is 0.381. The van der Waals surface area contributed by atoms with Crippen molar-refractivity contribution in [2.75, 3.05) is 21.2 Å². The van der Waals surface area contributed by atoms with E-state index in [-0.39, 0.29) is 10.6 Å². The normalized spacial score (nSPS) is 11.3. The molecule has 0 radical (unpaired) electrons. The average Bonchev–Trinajstić information content (AvgIpc) is 2.34. The standard InChI is InChI=1S/C13H15Cl2N3O2/c1-17(2)6-9-16-11-10(13(19)18(9)3)7(14)5-8(15)12(11)20-4/h5H,6H2,1-4H3. The Morgan fingerprint density at radius 1 is 1.35 bits per heavy atom. The predicted octanol–water partition coefficient (Wildman–Crippen LogP) is 2.31. The molecule has 2 aromatic rings. The molecule has 5 nitrogen and oxygen atoms in total. The molecule has 1 aromatic carbocycles. The van der Waals surface area contributed by atoms with E-state index >= 15 is 0 Å². The Kier molecular flexibility index (Phi) is 4.22. The van der Waals surface area contributed by atoms with Gasteiger partial charge in [0, 0.05) is 7.05 Å². The van der Waals surface area contributed by atoms with Gasteiger partial charge < -0.3 is 9.64 Å². The zero-order valence-corrected chi connectivity index (χ0v) is 13.2. The SMILES string of the molecule is COc1c(Cl)cc(Cl)c2c(=O)n(C)c(CN(C)C)nc12. The van der Waals surface area contributed by atoms with E-state index < -0.39 is 0 Å². The number of rotatable bonds is 3. The number of hydrogen-bond donors (Lipinski definition) is 0. The fourth-order valence-corrected chi connectivity index (χ4v) is 2.62. The summed E-state index contributed by atoms with van der Waals surface area (Å²) in [6.07, 6.45) is 0. The summed E-state index contributed by atoms with van der Waals surface area (Å²) in [4.78, 5) is 18.9. The van der Waals surface area contributed by atoms with Crippen LogP contribution in [0.25, 0.3) is 10.9 Å². The molecule has 0 atom stereocenters. The molecular formula is C13H15Cl2N3O2. The van der Waals surface area contributed by atoms with Crippen LogP contribution >= 0.6 is 23.2 Å². The predicted molar refractivity (Wildman–Crippen MR) is 80.9 cm³/mol. The number of aromatic nitrogens is 2. The number of nitrogens with zero attached hydrogens (tertiary/aromatic N) is 3. The van der Waals surface area contributed by atoms with Crippen LogP contribution in [-0.4, -0.2) is 35.7 Å². The molecule has 0 saturated heterocycles. The van der Waals surface area contributed by atoms with Crippen molar-refractivity contribution < 1.29 is 4.74 Å². The average molecular weight is 316 g/mol. The van der Waals surface area contributed by atoms with Gasteiger partial charge in [0.15, 0.2) is 5.75 Å². The number of halogens is 2. The van der Waals surface area contributed by atoms with Gasteiger partial charge in [0.1, 0.15) is 11.3 Å². The molecule has 20 heavy (non-hydrogen) atoms. The highest BCUT2D eigenvalue weighted by Crippen LogP contribution is 2.35. The molecule has 0 N–H and O–H groups in total. The topological polar surface area (TPSA) is 47.4 Å². The van der Waals surface area contributed by atoms with E-state index in [1.807, 2.05) is 19.0 Å². The first-order chi connectivity index (χ1) is 9.36. The smallest absolute Gasteiger partial charge is 0.262 e. The molecular weight excluding hydrogens is 301 g/mol. The summed E-state index contributed by atoms with van der Waals surface area (Å²) in [5.74, 6) is 0.980. The van der Waals surface area contributed by atoms with Crippen molar-refractivity contribution in [2.45, 2.75) is 6.54 Å². The molecule has 108 valence electrons. The molecule has 0 aliphatic rings. The second-order valence-electron chi connectivity index (χ2n) is 4.73. The van der Waals surface area contributed by atoms with Gasteiger partial charge in [-0.15, -0.1) is 0 Å². The van der Waals surface area contributed by atoms with Crippen LogP contribution in [0.1, 0.15) is 5.82 Å². The highest BCUT2D eigenvalue weighted by Gasteiger charge is 2.18. The lowest BCUT2D eigenvalue weighted by Crippen LogP contribution is -2.26. The molecule has 0 bridgehead atoms. The summed E-state index contributed by atoms with van der Waals surface area (Å²) in [5, 5.41) is 0.926. The van der Waals surface area contributed by atoms with Crippen LogP contribution in [0.15, 0.2) is 10.9 Å². The molecule has 0 fully saturated rings. The fourth-order valence-electron chi connectivity index (χ4n) is 2.01. The van der Waals surface area contributed by atoms with Crippen molar-refractivity contribution in [1.29, 1.82) is 0 Å². The second kappa shape index (κ2) is 5.60. The minimum absolute atomic E-state index is 0.216. The first-order valence-electron chi connectivity index (χ1n) is 5.93. The van der Waals surface area contributed by atoms with E-state index in [2.05, 4.69) is 4.98 Å². The molecule has 0 aliphatic carbocycles. The Balaban J connectivity index is 2.90. The van der Waals surface area contributed by atoms with Crippen molar-refractivity contribution in [3.05, 3.63) is 32.3 Å². The number of benzene rings is 1. The van der Waals surface area contributed by atoms with Gasteiger partial charge in [-0.3, -0.25) is 9.36 Å². The van der Waals surface area contributed by atoms with E-state index in [1.165, 1.54) is 17.7 Å². The van der Waals surface area contributed by atoms with Crippen molar-refractivity contribution >= 4 is 34.1 Å². The van der Waals surface area contributed by atoms with Crippen molar-refractivity contribution in [2.24, 2.45) is 7.05 Å². The lowest BCUT2D eigenvalue weighted by atomic mass is 10.2. The van der Waals surface area contributed by atoms with Gasteiger partial charge in [-0.25, -0.2) is 4.98 Å². The first-order valence-corrected chi connectivity index (χ1v) is 6.68. The van der Waals surface area contributed by atoms with Crippen LogP contribution < -0.4 is 10.3 Å². The summed E-state index contributed by atoms with van der Waals surface area (Å²) in [6, 6.07) is 1.50. The third-order valence-electron chi connectivity index (χ3n) is 2.97. The minimum atomic E-state index is -0.216. The summed E-state index contributed by atoms with van der Waals surface area (Å²) in [5.41, 5.74) is 0.178. The van der Waals surface area contributed by atoms with Gasteiger partial charge in [-0.05, 0) is 20.2 Å². The monoisotopic (exact) mass is 315 g/mol. The first kappa shape index (κ1) is 15.1. The Labute approximate surface area is 126 Å². The maximum atomic E-state index is 12.5. The Morgan fingerprint density at radius 2 is 2.00 bits per heavy atom.